The number of aromatic nitrogens is 1. The molecule has 2 amide bonds. The molecule has 10 heteroatoms. The first-order chi connectivity index (χ1) is 13.8. The second kappa shape index (κ2) is 8.68. The molecule has 0 bridgehead atoms. The van der Waals surface area contributed by atoms with E-state index in [1.165, 1.54) is 22.6 Å². The molecule has 3 rings (SSSR count). The van der Waals surface area contributed by atoms with Gasteiger partial charge in [-0.1, -0.05) is 0 Å². The van der Waals surface area contributed by atoms with Crippen LogP contribution in [0.1, 0.15) is 23.3 Å². The van der Waals surface area contributed by atoms with Crippen LogP contribution in [0.3, 0.4) is 0 Å². The molecule has 1 atom stereocenters. The number of nitrogens with zero attached hydrogens (tertiary/aromatic N) is 2. The Morgan fingerprint density at radius 3 is 2.45 bits per heavy atom. The van der Waals surface area contributed by atoms with Gasteiger partial charge in [-0.2, -0.15) is 8.87 Å². The predicted molar refractivity (Wildman–Crippen MR) is 105 cm³/mol. The quantitative estimate of drug-likeness (QED) is 0.652. The second-order valence-electron chi connectivity index (χ2n) is 6.61. The van der Waals surface area contributed by atoms with Crippen molar-refractivity contribution in [3.63, 3.8) is 0 Å². The van der Waals surface area contributed by atoms with E-state index in [0.29, 0.717) is 37.6 Å². The molecule has 0 aliphatic carbocycles. The van der Waals surface area contributed by atoms with Crippen LogP contribution in [-0.2, 0) is 19.6 Å². The molecule has 1 aromatic carbocycles. The molecule has 1 fully saturated rings. The third-order valence-corrected chi connectivity index (χ3v) is 6.58. The van der Waals surface area contributed by atoms with Crippen LogP contribution in [0, 0.1) is 0 Å². The van der Waals surface area contributed by atoms with E-state index < -0.39 is 22.0 Å². The summed E-state index contributed by atoms with van der Waals surface area (Å²) in [4.78, 5) is 24.0. The van der Waals surface area contributed by atoms with E-state index in [-0.39, 0.29) is 10.8 Å². The fourth-order valence-electron chi connectivity index (χ4n) is 2.91. The summed E-state index contributed by atoms with van der Waals surface area (Å²) in [6.07, 6.45) is 3.17. The van der Waals surface area contributed by atoms with Gasteiger partial charge in [-0.3, -0.25) is 9.59 Å². The maximum atomic E-state index is 12.6. The van der Waals surface area contributed by atoms with Crippen LogP contribution in [-0.4, -0.2) is 50.8 Å². The lowest BCUT2D eigenvalue weighted by Crippen LogP contribution is -2.44. The van der Waals surface area contributed by atoms with Crippen LogP contribution in [0.5, 0.6) is 0 Å². The van der Waals surface area contributed by atoms with Crippen LogP contribution < -0.4 is 15.6 Å². The number of ether oxygens (including phenoxy) is 1. The standard InChI is InChI=1S/C19H22N4O5S/c1-14(22-8-2-3-15(13-22)18(20)24)19(25)21-16-4-6-17(7-5-16)29(26,27)23-9-11-28-12-10-23/h2-8,13-14H,9-12H2,1H3,(H2-,20,21,24,25)/p+1/t14-/m1/s1. The molecular weight excluding hydrogens is 396 g/mol. The van der Waals surface area contributed by atoms with Crippen molar-refractivity contribution in [2.45, 2.75) is 17.9 Å². The molecule has 29 heavy (non-hydrogen) atoms. The van der Waals surface area contributed by atoms with Crippen LogP contribution in [0.4, 0.5) is 5.69 Å². The number of anilines is 1. The number of carbonyl (C=O) groups excluding carboxylic acids is 2. The number of nitrogens with two attached hydrogens (primary N) is 1. The molecule has 9 nitrogen and oxygen atoms in total. The van der Waals surface area contributed by atoms with E-state index in [1.54, 1.807) is 42.0 Å². The monoisotopic (exact) mass is 419 g/mol. The maximum absolute atomic E-state index is 12.6. The van der Waals surface area contributed by atoms with E-state index in [0.717, 1.165) is 0 Å². The summed E-state index contributed by atoms with van der Waals surface area (Å²) in [5.41, 5.74) is 6.04. The van der Waals surface area contributed by atoms with Crippen molar-refractivity contribution in [3.05, 3.63) is 54.4 Å². The summed E-state index contributed by atoms with van der Waals surface area (Å²) in [6, 6.07) is 8.61. The summed E-state index contributed by atoms with van der Waals surface area (Å²) in [5, 5.41) is 2.74. The number of hydrogen-bond acceptors (Lipinski definition) is 5. The van der Waals surface area contributed by atoms with Gasteiger partial charge in [0, 0.05) is 31.8 Å². The van der Waals surface area contributed by atoms with Crippen molar-refractivity contribution in [2.75, 3.05) is 31.6 Å². The number of rotatable bonds is 6. The van der Waals surface area contributed by atoms with Gasteiger partial charge in [0.2, 0.25) is 16.1 Å². The number of sulfonamides is 1. The van der Waals surface area contributed by atoms with Crippen molar-refractivity contribution in [1.82, 2.24) is 4.31 Å². The van der Waals surface area contributed by atoms with Gasteiger partial charge in [0.05, 0.1) is 18.1 Å². The molecule has 0 unspecified atom stereocenters. The lowest BCUT2D eigenvalue weighted by molar-refractivity contribution is -0.705. The zero-order valence-electron chi connectivity index (χ0n) is 15.9. The molecule has 1 aliphatic rings. The number of hydrogen-bond donors (Lipinski definition) is 2. The highest BCUT2D eigenvalue weighted by Gasteiger charge is 2.27. The van der Waals surface area contributed by atoms with Crippen LogP contribution >= 0.6 is 0 Å². The molecule has 154 valence electrons. The smallest absolute Gasteiger partial charge is 0.293 e. The average Bonchev–Trinajstić information content (AvgIpc) is 2.74. The largest absolute Gasteiger partial charge is 0.379 e. The molecular formula is C19H23N4O5S+. The summed E-state index contributed by atoms with van der Waals surface area (Å²) in [5.74, 6) is -0.899. The molecule has 1 aromatic heterocycles. The first-order valence-electron chi connectivity index (χ1n) is 9.08. The number of morpholine rings is 1. The Balaban J connectivity index is 1.70. The number of nitrogens with one attached hydrogen (secondary N) is 1. The lowest BCUT2D eigenvalue weighted by Gasteiger charge is -2.26. The summed E-state index contributed by atoms with van der Waals surface area (Å²) in [6.45, 7) is 3.07. The van der Waals surface area contributed by atoms with Crippen LogP contribution in [0.25, 0.3) is 0 Å². The van der Waals surface area contributed by atoms with Crippen molar-refractivity contribution >= 4 is 27.5 Å². The highest BCUT2D eigenvalue weighted by atomic mass is 32.2. The van der Waals surface area contributed by atoms with Gasteiger partial charge in [0.1, 0.15) is 5.56 Å². The van der Waals surface area contributed by atoms with E-state index in [9.17, 15) is 18.0 Å². The number of pyridine rings is 1. The highest BCUT2D eigenvalue weighted by molar-refractivity contribution is 7.89. The Hall–Kier alpha value is -2.82. The third kappa shape index (κ3) is 4.78. The minimum absolute atomic E-state index is 0.161. The van der Waals surface area contributed by atoms with Gasteiger partial charge in [0.15, 0.2) is 12.4 Å². The van der Waals surface area contributed by atoms with Gasteiger partial charge in [0.25, 0.3) is 11.8 Å². The zero-order valence-corrected chi connectivity index (χ0v) is 16.8. The number of amides is 2. The highest BCUT2D eigenvalue weighted by Crippen LogP contribution is 2.19. The fourth-order valence-corrected chi connectivity index (χ4v) is 4.32. The number of carbonyl (C=O) groups is 2. The van der Waals surface area contributed by atoms with Gasteiger partial charge in [-0.15, -0.1) is 0 Å². The zero-order chi connectivity index (χ0) is 21.0. The predicted octanol–water partition coefficient (Wildman–Crippen LogP) is 0.294. The third-order valence-electron chi connectivity index (χ3n) is 4.66. The van der Waals surface area contributed by atoms with E-state index in [1.807, 2.05) is 0 Å². The van der Waals surface area contributed by atoms with E-state index >= 15 is 0 Å². The second-order valence-corrected chi connectivity index (χ2v) is 8.55. The Labute approximate surface area is 169 Å². The topological polar surface area (TPSA) is 123 Å². The van der Waals surface area contributed by atoms with Crippen LogP contribution in [0.15, 0.2) is 53.7 Å². The minimum atomic E-state index is -3.59. The van der Waals surface area contributed by atoms with Gasteiger partial charge in [-0.05, 0) is 30.3 Å². The summed E-state index contributed by atoms with van der Waals surface area (Å²) in [7, 11) is -3.59. The molecule has 3 N–H and O–H groups in total. The first-order valence-corrected chi connectivity index (χ1v) is 10.5. The molecule has 0 spiro atoms. The average molecular weight is 419 g/mol. The Morgan fingerprint density at radius 1 is 1.17 bits per heavy atom. The number of benzene rings is 1. The van der Waals surface area contributed by atoms with E-state index in [4.69, 9.17) is 10.5 Å². The summed E-state index contributed by atoms with van der Waals surface area (Å²) >= 11 is 0. The Kier molecular flexibility index (Phi) is 6.26. The molecule has 1 aliphatic heterocycles. The van der Waals surface area contributed by atoms with Crippen molar-refractivity contribution in [2.24, 2.45) is 5.73 Å². The van der Waals surface area contributed by atoms with Crippen molar-refractivity contribution in [1.29, 1.82) is 0 Å². The first kappa shape index (κ1) is 20.9. The lowest BCUT2D eigenvalue weighted by atomic mass is 10.2. The molecule has 2 aromatic rings. The Morgan fingerprint density at radius 2 is 1.83 bits per heavy atom. The van der Waals surface area contributed by atoms with Gasteiger partial charge >= 0.3 is 0 Å². The van der Waals surface area contributed by atoms with Crippen molar-refractivity contribution in [3.8, 4) is 0 Å². The normalized spacial score (nSPS) is 16.2. The number of primary amides is 1. The van der Waals surface area contributed by atoms with Gasteiger partial charge < -0.3 is 15.8 Å². The fraction of sp³-hybridized carbons (Fsp3) is 0.316. The molecule has 0 radical (unpaired) electrons. The van der Waals surface area contributed by atoms with E-state index in [2.05, 4.69) is 5.32 Å². The minimum Gasteiger partial charge on any atom is -0.379 e. The van der Waals surface area contributed by atoms with Crippen molar-refractivity contribution < 1.29 is 27.3 Å². The Bertz CT molecular complexity index is 1000. The SMILES string of the molecule is C[C@H](C(=O)Nc1ccc(S(=O)(=O)N2CCOCC2)cc1)[n+]1cccc(C(N)=O)c1. The van der Waals surface area contributed by atoms with Gasteiger partial charge in [-0.25, -0.2) is 8.42 Å². The molecule has 1 saturated heterocycles. The molecule has 0 saturated carbocycles. The maximum Gasteiger partial charge on any atom is 0.293 e. The van der Waals surface area contributed by atoms with Crippen LogP contribution in [0.2, 0.25) is 0 Å². The summed E-state index contributed by atoms with van der Waals surface area (Å²) < 4.78 is 33.4. The molecule has 2 heterocycles.